The van der Waals surface area contributed by atoms with Gasteiger partial charge in [-0.3, -0.25) is 0 Å². The Morgan fingerprint density at radius 3 is 2.38 bits per heavy atom. The van der Waals surface area contributed by atoms with E-state index in [4.69, 9.17) is 0 Å². The van der Waals surface area contributed by atoms with Gasteiger partial charge in [-0.05, 0) is 31.7 Å². The van der Waals surface area contributed by atoms with Gasteiger partial charge in [0.25, 0.3) is 0 Å². The van der Waals surface area contributed by atoms with Crippen molar-refractivity contribution in [3.63, 3.8) is 0 Å². The number of nitrogens with one attached hydrogen (secondary N) is 2. The van der Waals surface area contributed by atoms with Crippen LogP contribution >= 0.6 is 0 Å². The van der Waals surface area contributed by atoms with Gasteiger partial charge in [-0.25, -0.2) is 9.59 Å². The van der Waals surface area contributed by atoms with Gasteiger partial charge in [0, 0.05) is 6.04 Å². The van der Waals surface area contributed by atoms with Crippen LogP contribution in [0.1, 0.15) is 38.7 Å². The van der Waals surface area contributed by atoms with Crippen molar-refractivity contribution in [2.24, 2.45) is 0 Å². The zero-order valence-corrected chi connectivity index (χ0v) is 12.6. The highest BCUT2D eigenvalue weighted by Gasteiger charge is 2.20. The molecule has 1 rings (SSSR count). The number of carbonyl (C=O) groups excluding carboxylic acids is 1. The number of urea groups is 1. The van der Waals surface area contributed by atoms with Crippen molar-refractivity contribution in [2.75, 3.05) is 0 Å². The molecule has 0 aliphatic rings. The molecule has 5 heteroatoms. The monoisotopic (exact) mass is 292 g/mol. The molecule has 0 fully saturated rings. The lowest BCUT2D eigenvalue weighted by atomic mass is 10.1. The molecule has 0 saturated carbocycles. The summed E-state index contributed by atoms with van der Waals surface area (Å²) >= 11 is 0. The fourth-order valence-electron chi connectivity index (χ4n) is 2.14. The Morgan fingerprint density at radius 1 is 1.14 bits per heavy atom. The van der Waals surface area contributed by atoms with Crippen LogP contribution in [-0.2, 0) is 11.2 Å². The predicted molar refractivity (Wildman–Crippen MR) is 82.2 cm³/mol. The first-order valence-electron chi connectivity index (χ1n) is 7.36. The van der Waals surface area contributed by atoms with E-state index >= 15 is 0 Å². The number of benzene rings is 1. The van der Waals surface area contributed by atoms with Gasteiger partial charge < -0.3 is 15.7 Å². The second-order valence-corrected chi connectivity index (χ2v) is 5.22. The molecule has 0 aliphatic carbocycles. The molecule has 0 bridgehead atoms. The van der Waals surface area contributed by atoms with E-state index in [0.29, 0.717) is 12.8 Å². The van der Waals surface area contributed by atoms with Gasteiger partial charge in [0.2, 0.25) is 0 Å². The summed E-state index contributed by atoms with van der Waals surface area (Å²) in [6.45, 7) is 3.94. The van der Waals surface area contributed by atoms with Crippen LogP contribution in [0.4, 0.5) is 4.79 Å². The maximum absolute atomic E-state index is 11.8. The second kappa shape index (κ2) is 9.00. The predicted octanol–water partition coefficient (Wildman–Crippen LogP) is 2.56. The first-order valence-corrected chi connectivity index (χ1v) is 7.36. The first-order chi connectivity index (χ1) is 10.0. The summed E-state index contributed by atoms with van der Waals surface area (Å²) in [6.07, 6.45) is 2.82. The number of hydrogen-bond acceptors (Lipinski definition) is 2. The van der Waals surface area contributed by atoms with Crippen molar-refractivity contribution in [2.45, 2.75) is 51.6 Å². The zero-order valence-electron chi connectivity index (χ0n) is 12.6. The largest absolute Gasteiger partial charge is 0.480 e. The Balaban J connectivity index is 2.46. The third-order valence-corrected chi connectivity index (χ3v) is 3.27. The number of aliphatic carboxylic acids is 1. The van der Waals surface area contributed by atoms with E-state index in [2.05, 4.69) is 10.6 Å². The summed E-state index contributed by atoms with van der Waals surface area (Å²) < 4.78 is 0. The molecule has 0 saturated heterocycles. The molecule has 1 aromatic rings. The molecule has 2 atom stereocenters. The highest BCUT2D eigenvalue weighted by molar-refractivity contribution is 5.82. The second-order valence-electron chi connectivity index (χ2n) is 5.22. The molecule has 116 valence electrons. The number of carbonyl (C=O) groups is 2. The maximum Gasteiger partial charge on any atom is 0.326 e. The molecule has 3 N–H and O–H groups in total. The molecule has 0 aliphatic heterocycles. The van der Waals surface area contributed by atoms with E-state index in [-0.39, 0.29) is 6.04 Å². The van der Waals surface area contributed by atoms with Crippen molar-refractivity contribution >= 4 is 12.0 Å². The number of amides is 2. The standard InChI is InChI=1S/C16H24N2O3/c1-3-7-12(2)17-16(21)18-14(15(19)20)11-10-13-8-5-4-6-9-13/h4-6,8-9,12,14H,3,7,10-11H2,1-2H3,(H,19,20)(H2,17,18,21). The van der Waals surface area contributed by atoms with Gasteiger partial charge in [-0.2, -0.15) is 0 Å². The lowest BCUT2D eigenvalue weighted by molar-refractivity contribution is -0.139. The average molecular weight is 292 g/mol. The molecule has 1 aromatic carbocycles. The van der Waals surface area contributed by atoms with Crippen LogP contribution < -0.4 is 10.6 Å². The molecular formula is C16H24N2O3. The first kappa shape index (κ1) is 17.0. The van der Waals surface area contributed by atoms with Crippen LogP contribution in [0.2, 0.25) is 0 Å². The molecular weight excluding hydrogens is 268 g/mol. The van der Waals surface area contributed by atoms with Gasteiger partial charge in [0.1, 0.15) is 6.04 Å². The molecule has 2 unspecified atom stereocenters. The smallest absolute Gasteiger partial charge is 0.326 e. The molecule has 0 aromatic heterocycles. The lowest BCUT2D eigenvalue weighted by Gasteiger charge is -2.18. The normalized spacial score (nSPS) is 13.2. The van der Waals surface area contributed by atoms with Crippen molar-refractivity contribution in [1.29, 1.82) is 0 Å². The number of rotatable bonds is 8. The average Bonchev–Trinajstić information content (AvgIpc) is 2.44. The summed E-state index contributed by atoms with van der Waals surface area (Å²) in [5.74, 6) is -1.01. The Kier molecular flexibility index (Phi) is 7.29. The van der Waals surface area contributed by atoms with Gasteiger partial charge in [0.05, 0.1) is 0 Å². The Morgan fingerprint density at radius 2 is 1.81 bits per heavy atom. The molecule has 0 heterocycles. The van der Waals surface area contributed by atoms with Crippen LogP contribution in [0.15, 0.2) is 30.3 Å². The van der Waals surface area contributed by atoms with Crippen LogP contribution in [-0.4, -0.2) is 29.2 Å². The third kappa shape index (κ3) is 6.79. The van der Waals surface area contributed by atoms with Crippen molar-refractivity contribution in [1.82, 2.24) is 10.6 Å². The fraction of sp³-hybridized carbons (Fsp3) is 0.500. The minimum atomic E-state index is -1.01. The zero-order chi connectivity index (χ0) is 15.7. The maximum atomic E-state index is 11.8. The van der Waals surface area contributed by atoms with E-state index < -0.39 is 18.0 Å². The van der Waals surface area contributed by atoms with Gasteiger partial charge in [-0.1, -0.05) is 43.7 Å². The van der Waals surface area contributed by atoms with Crippen molar-refractivity contribution in [3.8, 4) is 0 Å². The summed E-state index contributed by atoms with van der Waals surface area (Å²) in [4.78, 5) is 23.0. The molecule has 5 nitrogen and oxygen atoms in total. The Labute approximate surface area is 125 Å². The minimum Gasteiger partial charge on any atom is -0.480 e. The SMILES string of the molecule is CCCC(C)NC(=O)NC(CCc1ccccc1)C(=O)O. The quantitative estimate of drug-likeness (QED) is 0.689. The Bertz CT molecular complexity index is 448. The number of carboxylic acids is 1. The number of hydrogen-bond donors (Lipinski definition) is 3. The van der Waals surface area contributed by atoms with Crippen LogP contribution in [0, 0.1) is 0 Å². The molecule has 2 amide bonds. The van der Waals surface area contributed by atoms with Gasteiger partial charge in [0.15, 0.2) is 0 Å². The minimum absolute atomic E-state index is 0.0403. The van der Waals surface area contributed by atoms with Gasteiger partial charge >= 0.3 is 12.0 Å². The highest BCUT2D eigenvalue weighted by Crippen LogP contribution is 2.05. The van der Waals surface area contributed by atoms with E-state index in [9.17, 15) is 14.7 Å². The Hall–Kier alpha value is -2.04. The van der Waals surface area contributed by atoms with Crippen molar-refractivity contribution in [3.05, 3.63) is 35.9 Å². The summed E-state index contributed by atoms with van der Waals surface area (Å²) in [5, 5.41) is 14.5. The van der Waals surface area contributed by atoms with E-state index in [1.165, 1.54) is 0 Å². The summed E-state index contributed by atoms with van der Waals surface area (Å²) in [7, 11) is 0. The molecule has 0 radical (unpaired) electrons. The summed E-state index contributed by atoms with van der Waals surface area (Å²) in [5.41, 5.74) is 1.06. The molecule has 21 heavy (non-hydrogen) atoms. The van der Waals surface area contributed by atoms with E-state index in [1.54, 1.807) is 0 Å². The number of aryl methyl sites for hydroxylation is 1. The number of carboxylic acid groups (broad SMARTS) is 1. The summed E-state index contributed by atoms with van der Waals surface area (Å²) in [6, 6.07) is 8.38. The third-order valence-electron chi connectivity index (χ3n) is 3.27. The highest BCUT2D eigenvalue weighted by atomic mass is 16.4. The van der Waals surface area contributed by atoms with Crippen LogP contribution in [0.3, 0.4) is 0 Å². The van der Waals surface area contributed by atoms with Crippen LogP contribution in [0.5, 0.6) is 0 Å². The molecule has 0 spiro atoms. The van der Waals surface area contributed by atoms with E-state index in [0.717, 1.165) is 18.4 Å². The topological polar surface area (TPSA) is 78.4 Å². The van der Waals surface area contributed by atoms with E-state index in [1.807, 2.05) is 44.2 Å². The van der Waals surface area contributed by atoms with Crippen LogP contribution in [0.25, 0.3) is 0 Å². The lowest BCUT2D eigenvalue weighted by Crippen LogP contribution is -2.48. The van der Waals surface area contributed by atoms with Crippen molar-refractivity contribution < 1.29 is 14.7 Å². The van der Waals surface area contributed by atoms with Gasteiger partial charge in [-0.15, -0.1) is 0 Å². The fourth-order valence-corrected chi connectivity index (χ4v) is 2.14.